The molecular weight excluding hydrogens is 415 g/mol. The molecule has 3 rings (SSSR count). The van der Waals surface area contributed by atoms with Crippen LogP contribution in [0.25, 0.3) is 11.6 Å². The fraction of sp³-hybridized carbons (Fsp3) is 0.406. The molecular formula is C32H39P. The molecule has 1 aliphatic heterocycles. The molecule has 1 heterocycles. The van der Waals surface area contributed by atoms with Gasteiger partial charge in [-0.05, 0) is 90.8 Å². The largest absolute Gasteiger partial charge is 0.120 e. The van der Waals surface area contributed by atoms with E-state index in [1.807, 2.05) is 6.08 Å². The van der Waals surface area contributed by atoms with Crippen LogP contribution in [0.5, 0.6) is 0 Å². The van der Waals surface area contributed by atoms with E-state index in [1.54, 1.807) is 0 Å². The number of hydrogen-bond acceptors (Lipinski definition) is 0. The molecule has 33 heavy (non-hydrogen) atoms. The molecule has 1 atom stereocenters. The zero-order valence-electron chi connectivity index (χ0n) is 21.0. The lowest BCUT2D eigenvalue weighted by Crippen LogP contribution is -2.10. The Labute approximate surface area is 204 Å². The number of rotatable bonds is 10. The minimum Gasteiger partial charge on any atom is -0.120 e. The molecule has 0 bridgehead atoms. The van der Waals surface area contributed by atoms with Gasteiger partial charge in [-0.1, -0.05) is 94.6 Å². The normalized spacial score (nSPS) is 19.1. The van der Waals surface area contributed by atoms with E-state index >= 15 is 0 Å². The monoisotopic (exact) mass is 454 g/mol. The van der Waals surface area contributed by atoms with Gasteiger partial charge < -0.3 is 0 Å². The highest BCUT2D eigenvalue weighted by molar-refractivity contribution is 7.49. The summed E-state index contributed by atoms with van der Waals surface area (Å²) in [7, 11) is 1.40. The van der Waals surface area contributed by atoms with Crippen LogP contribution in [0.1, 0.15) is 83.8 Å². The van der Waals surface area contributed by atoms with Crippen molar-refractivity contribution in [3.63, 3.8) is 0 Å². The van der Waals surface area contributed by atoms with Gasteiger partial charge in [0.05, 0.1) is 0 Å². The Bertz CT molecular complexity index is 1040. The van der Waals surface area contributed by atoms with E-state index in [-0.39, 0.29) is 0 Å². The summed E-state index contributed by atoms with van der Waals surface area (Å²) >= 11 is 0. The van der Waals surface area contributed by atoms with Gasteiger partial charge in [-0.3, -0.25) is 0 Å². The zero-order chi connectivity index (χ0) is 23.8. The second-order valence-corrected chi connectivity index (χ2v) is 11.1. The van der Waals surface area contributed by atoms with Crippen molar-refractivity contribution >= 4 is 25.1 Å². The van der Waals surface area contributed by atoms with Crippen LogP contribution in [-0.2, 0) is 0 Å². The summed E-state index contributed by atoms with van der Waals surface area (Å²) in [6.45, 7) is 12.8. The van der Waals surface area contributed by atoms with E-state index < -0.39 is 0 Å². The van der Waals surface area contributed by atoms with Crippen LogP contribution in [0.4, 0.5) is 0 Å². The van der Waals surface area contributed by atoms with Crippen LogP contribution in [0.15, 0.2) is 71.1 Å². The minimum absolute atomic E-state index is 0.606. The Morgan fingerprint density at radius 3 is 2.45 bits per heavy atom. The van der Waals surface area contributed by atoms with Crippen molar-refractivity contribution in [2.45, 2.75) is 72.6 Å². The molecule has 0 amide bonds. The standard InChI is InChI=1S/C32H39P/c1-7-12-28(29-13-10-11-14-29)19-20-31(30-17-15-26(8-2)16-18-30)22-23(4)21-27(9-3)32-24(5)33-25(32)6/h1,8-9,15-18,20-21,28-29H,2,10-14,19,22H2,3-6H3/b23-21-,27-9+,31-20+. The van der Waals surface area contributed by atoms with E-state index in [9.17, 15) is 0 Å². The van der Waals surface area contributed by atoms with Gasteiger partial charge in [-0.25, -0.2) is 0 Å². The smallest absolute Gasteiger partial charge is 0.0120 e. The van der Waals surface area contributed by atoms with E-state index in [1.165, 1.54) is 72.4 Å². The van der Waals surface area contributed by atoms with Gasteiger partial charge in [0.2, 0.25) is 0 Å². The second-order valence-electron chi connectivity index (χ2n) is 9.57. The Morgan fingerprint density at radius 2 is 1.91 bits per heavy atom. The molecule has 2 aliphatic rings. The average Bonchev–Trinajstić information content (AvgIpc) is 3.35. The van der Waals surface area contributed by atoms with Gasteiger partial charge in [0.1, 0.15) is 0 Å². The van der Waals surface area contributed by atoms with Gasteiger partial charge >= 0.3 is 0 Å². The van der Waals surface area contributed by atoms with Gasteiger partial charge in [-0.15, -0.1) is 12.3 Å². The van der Waals surface area contributed by atoms with Gasteiger partial charge in [0, 0.05) is 6.42 Å². The molecule has 172 valence electrons. The van der Waals surface area contributed by atoms with Crippen molar-refractivity contribution in [3.8, 4) is 12.3 Å². The first-order valence-electron chi connectivity index (χ1n) is 12.4. The highest BCUT2D eigenvalue weighted by atomic mass is 31.1. The highest BCUT2D eigenvalue weighted by Crippen LogP contribution is 2.39. The third kappa shape index (κ3) is 6.59. The predicted molar refractivity (Wildman–Crippen MR) is 150 cm³/mol. The van der Waals surface area contributed by atoms with Crippen LogP contribution in [0.3, 0.4) is 0 Å². The molecule has 1 heteroatoms. The van der Waals surface area contributed by atoms with E-state index in [4.69, 9.17) is 6.42 Å². The maximum Gasteiger partial charge on any atom is 0.0120 e. The van der Waals surface area contributed by atoms with Crippen LogP contribution in [0, 0.1) is 24.2 Å². The van der Waals surface area contributed by atoms with Crippen LogP contribution >= 0.6 is 8.20 Å². The quantitative estimate of drug-likeness (QED) is 0.187. The third-order valence-corrected chi connectivity index (χ3v) is 8.28. The fourth-order valence-electron chi connectivity index (χ4n) is 5.35. The molecule has 1 unspecified atom stereocenters. The molecule has 1 fully saturated rings. The third-order valence-electron chi connectivity index (χ3n) is 7.16. The molecule has 0 N–H and O–H groups in total. The first-order chi connectivity index (χ1) is 16.0. The van der Waals surface area contributed by atoms with Crippen molar-refractivity contribution in [1.82, 2.24) is 0 Å². The number of hydrogen-bond donors (Lipinski definition) is 0. The Kier molecular flexibility index (Phi) is 9.35. The van der Waals surface area contributed by atoms with Crippen molar-refractivity contribution < 1.29 is 0 Å². The van der Waals surface area contributed by atoms with Crippen molar-refractivity contribution in [2.75, 3.05) is 0 Å². The minimum atomic E-state index is 0.606. The van der Waals surface area contributed by atoms with Crippen molar-refractivity contribution in [1.29, 1.82) is 0 Å². The summed E-state index contributed by atoms with van der Waals surface area (Å²) in [6, 6.07) is 8.83. The lowest BCUT2D eigenvalue weighted by atomic mass is 9.84. The summed E-state index contributed by atoms with van der Waals surface area (Å²) in [5, 5.41) is 2.96. The number of terminal acetylenes is 1. The molecule has 0 nitrogen and oxygen atoms in total. The molecule has 0 saturated heterocycles. The van der Waals surface area contributed by atoms with Crippen molar-refractivity contribution in [3.05, 3.63) is 82.2 Å². The van der Waals surface area contributed by atoms with Crippen molar-refractivity contribution in [2.24, 2.45) is 11.8 Å². The van der Waals surface area contributed by atoms with E-state index in [0.29, 0.717) is 5.92 Å². The Balaban J connectivity index is 1.86. The SMILES string of the molecule is C#CCC(C/C=C(\C/C(C)=C\C(=C/C)C1=C(C)P=C1C)c1ccc(C=C)cc1)C1CCCC1. The lowest BCUT2D eigenvalue weighted by molar-refractivity contribution is 0.348. The summed E-state index contributed by atoms with van der Waals surface area (Å²) in [4.78, 5) is 0. The molecule has 0 aromatic heterocycles. The van der Waals surface area contributed by atoms with E-state index in [2.05, 4.69) is 82.7 Å². The summed E-state index contributed by atoms with van der Waals surface area (Å²) in [6.07, 6.45) is 23.2. The van der Waals surface area contributed by atoms with Gasteiger partial charge in [0.25, 0.3) is 0 Å². The average molecular weight is 455 g/mol. The first kappa shape index (κ1) is 25.3. The fourth-order valence-corrected chi connectivity index (χ4v) is 6.50. The van der Waals surface area contributed by atoms with E-state index in [0.717, 1.165) is 30.7 Å². The van der Waals surface area contributed by atoms with Gasteiger partial charge in [0.15, 0.2) is 0 Å². The molecule has 1 aromatic rings. The molecule has 0 spiro atoms. The lowest BCUT2D eigenvalue weighted by Gasteiger charge is -2.21. The topological polar surface area (TPSA) is 0 Å². The van der Waals surface area contributed by atoms with Crippen LogP contribution in [-0.4, -0.2) is 5.29 Å². The second kappa shape index (κ2) is 12.2. The molecule has 0 radical (unpaired) electrons. The molecule has 1 aromatic carbocycles. The molecule has 1 aliphatic carbocycles. The Morgan fingerprint density at radius 1 is 1.21 bits per heavy atom. The molecule has 1 saturated carbocycles. The van der Waals surface area contributed by atoms with Gasteiger partial charge in [-0.2, -0.15) is 0 Å². The highest BCUT2D eigenvalue weighted by Gasteiger charge is 2.24. The number of benzene rings is 1. The zero-order valence-corrected chi connectivity index (χ0v) is 21.8. The number of allylic oxidation sites excluding steroid dienone is 8. The van der Waals surface area contributed by atoms with Crippen LogP contribution < -0.4 is 0 Å². The Hall–Kier alpha value is -2.35. The van der Waals surface area contributed by atoms with Crippen LogP contribution in [0.2, 0.25) is 0 Å². The predicted octanol–water partition coefficient (Wildman–Crippen LogP) is 9.64. The summed E-state index contributed by atoms with van der Waals surface area (Å²) in [5.41, 5.74) is 8.09. The maximum atomic E-state index is 5.76. The summed E-state index contributed by atoms with van der Waals surface area (Å²) < 4.78 is 0. The first-order valence-corrected chi connectivity index (χ1v) is 13.3. The maximum absolute atomic E-state index is 5.76. The summed E-state index contributed by atoms with van der Waals surface area (Å²) in [5.74, 6) is 4.36.